The van der Waals surface area contributed by atoms with Gasteiger partial charge in [-0.15, -0.1) is 0 Å². The molecule has 2 aromatic heterocycles. The SMILES string of the molecule is Brc1cccc2nc(-c3ccccc3)cn12. The number of imidazole rings is 1. The van der Waals surface area contributed by atoms with Gasteiger partial charge in [0.15, 0.2) is 0 Å². The van der Waals surface area contributed by atoms with Crippen LogP contribution in [0.25, 0.3) is 16.9 Å². The van der Waals surface area contributed by atoms with Gasteiger partial charge in [-0.05, 0) is 28.1 Å². The maximum Gasteiger partial charge on any atom is 0.138 e. The Morgan fingerprint density at radius 3 is 2.50 bits per heavy atom. The van der Waals surface area contributed by atoms with Crippen molar-refractivity contribution in [2.45, 2.75) is 0 Å². The van der Waals surface area contributed by atoms with Gasteiger partial charge < -0.3 is 0 Å². The molecule has 3 heteroatoms. The van der Waals surface area contributed by atoms with Crippen LogP contribution in [0.15, 0.2) is 59.3 Å². The van der Waals surface area contributed by atoms with Crippen LogP contribution in [0, 0.1) is 0 Å². The lowest BCUT2D eigenvalue weighted by Gasteiger charge is -1.94. The van der Waals surface area contributed by atoms with Crippen molar-refractivity contribution < 1.29 is 0 Å². The van der Waals surface area contributed by atoms with Crippen LogP contribution in [0.2, 0.25) is 0 Å². The number of rotatable bonds is 1. The number of aromatic nitrogens is 2. The van der Waals surface area contributed by atoms with Gasteiger partial charge in [0.2, 0.25) is 0 Å². The summed E-state index contributed by atoms with van der Waals surface area (Å²) in [5.41, 5.74) is 3.08. The Morgan fingerprint density at radius 1 is 0.938 bits per heavy atom. The average Bonchev–Trinajstić information content (AvgIpc) is 2.76. The molecule has 0 radical (unpaired) electrons. The summed E-state index contributed by atoms with van der Waals surface area (Å²) in [6.45, 7) is 0. The summed E-state index contributed by atoms with van der Waals surface area (Å²) in [4.78, 5) is 4.58. The first-order chi connectivity index (χ1) is 7.84. The summed E-state index contributed by atoms with van der Waals surface area (Å²) in [6, 6.07) is 16.2. The summed E-state index contributed by atoms with van der Waals surface area (Å²) in [6.07, 6.45) is 2.04. The molecular weight excluding hydrogens is 264 g/mol. The molecule has 3 aromatic rings. The lowest BCUT2D eigenvalue weighted by Crippen LogP contribution is -1.82. The van der Waals surface area contributed by atoms with Crippen LogP contribution in [0.3, 0.4) is 0 Å². The lowest BCUT2D eigenvalue weighted by atomic mass is 10.2. The lowest BCUT2D eigenvalue weighted by molar-refractivity contribution is 1.14. The minimum absolute atomic E-state index is 0.952. The Kier molecular flexibility index (Phi) is 2.26. The fraction of sp³-hybridized carbons (Fsp3) is 0. The minimum Gasteiger partial charge on any atom is -0.293 e. The van der Waals surface area contributed by atoms with Crippen molar-refractivity contribution in [3.8, 4) is 11.3 Å². The van der Waals surface area contributed by atoms with Crippen molar-refractivity contribution in [1.29, 1.82) is 0 Å². The molecule has 0 N–H and O–H groups in total. The Balaban J connectivity index is 2.23. The van der Waals surface area contributed by atoms with Crippen LogP contribution < -0.4 is 0 Å². The molecule has 0 fully saturated rings. The third kappa shape index (κ3) is 1.53. The quantitative estimate of drug-likeness (QED) is 0.617. The van der Waals surface area contributed by atoms with Crippen molar-refractivity contribution in [2.75, 3.05) is 0 Å². The zero-order valence-corrected chi connectivity index (χ0v) is 10.1. The van der Waals surface area contributed by atoms with E-state index in [1.165, 1.54) is 0 Å². The summed E-state index contributed by atoms with van der Waals surface area (Å²) >= 11 is 3.51. The highest BCUT2D eigenvalue weighted by Crippen LogP contribution is 2.21. The Hall–Kier alpha value is -1.61. The number of hydrogen-bond donors (Lipinski definition) is 0. The summed E-state index contributed by atoms with van der Waals surface area (Å²) in [7, 11) is 0. The van der Waals surface area contributed by atoms with Crippen LogP contribution in [0.1, 0.15) is 0 Å². The zero-order valence-electron chi connectivity index (χ0n) is 8.47. The third-order valence-electron chi connectivity index (χ3n) is 2.51. The van der Waals surface area contributed by atoms with Crippen LogP contribution in [0.5, 0.6) is 0 Å². The van der Waals surface area contributed by atoms with E-state index in [0.29, 0.717) is 0 Å². The smallest absolute Gasteiger partial charge is 0.138 e. The molecule has 0 spiro atoms. The molecule has 0 unspecified atom stereocenters. The number of nitrogens with zero attached hydrogens (tertiary/aromatic N) is 2. The van der Waals surface area contributed by atoms with E-state index in [-0.39, 0.29) is 0 Å². The fourth-order valence-corrected chi connectivity index (χ4v) is 2.16. The molecule has 78 valence electrons. The van der Waals surface area contributed by atoms with Crippen LogP contribution in [0.4, 0.5) is 0 Å². The Morgan fingerprint density at radius 2 is 1.75 bits per heavy atom. The standard InChI is InChI=1S/C13H9BrN2/c14-12-7-4-8-13-15-11(9-16(12)13)10-5-2-1-3-6-10/h1-9H. The highest BCUT2D eigenvalue weighted by molar-refractivity contribution is 9.10. The van der Waals surface area contributed by atoms with E-state index >= 15 is 0 Å². The largest absolute Gasteiger partial charge is 0.293 e. The zero-order chi connectivity index (χ0) is 11.0. The van der Waals surface area contributed by atoms with Gasteiger partial charge in [0.25, 0.3) is 0 Å². The average molecular weight is 273 g/mol. The highest BCUT2D eigenvalue weighted by atomic mass is 79.9. The molecule has 16 heavy (non-hydrogen) atoms. The predicted molar refractivity (Wildman–Crippen MR) is 68.3 cm³/mol. The van der Waals surface area contributed by atoms with Crippen LogP contribution in [-0.4, -0.2) is 9.38 Å². The van der Waals surface area contributed by atoms with Gasteiger partial charge in [0.05, 0.1) is 10.3 Å². The van der Waals surface area contributed by atoms with Gasteiger partial charge >= 0.3 is 0 Å². The first-order valence-electron chi connectivity index (χ1n) is 5.03. The number of hydrogen-bond acceptors (Lipinski definition) is 1. The summed E-state index contributed by atoms with van der Waals surface area (Å²) in [5, 5.41) is 0. The van der Waals surface area contributed by atoms with Crippen LogP contribution >= 0.6 is 15.9 Å². The first-order valence-corrected chi connectivity index (χ1v) is 5.83. The predicted octanol–water partition coefficient (Wildman–Crippen LogP) is 3.76. The maximum atomic E-state index is 4.58. The van der Waals surface area contributed by atoms with Gasteiger partial charge in [-0.3, -0.25) is 4.40 Å². The van der Waals surface area contributed by atoms with E-state index in [9.17, 15) is 0 Å². The van der Waals surface area contributed by atoms with Crippen molar-refractivity contribution in [1.82, 2.24) is 9.38 Å². The van der Waals surface area contributed by atoms with E-state index in [1.807, 2.05) is 47.0 Å². The highest BCUT2D eigenvalue weighted by Gasteiger charge is 2.04. The number of pyridine rings is 1. The molecule has 0 atom stereocenters. The van der Waals surface area contributed by atoms with Crippen molar-refractivity contribution in [3.63, 3.8) is 0 Å². The van der Waals surface area contributed by atoms with Crippen LogP contribution in [-0.2, 0) is 0 Å². The van der Waals surface area contributed by atoms with E-state index in [1.54, 1.807) is 0 Å². The summed E-state index contributed by atoms with van der Waals surface area (Å²) in [5.74, 6) is 0. The molecule has 2 nitrogen and oxygen atoms in total. The molecular formula is C13H9BrN2. The number of fused-ring (bicyclic) bond motifs is 1. The molecule has 0 aliphatic rings. The van der Waals surface area contributed by atoms with E-state index in [2.05, 4.69) is 33.0 Å². The van der Waals surface area contributed by atoms with Crippen molar-refractivity contribution >= 4 is 21.6 Å². The Labute approximate surface area is 102 Å². The van der Waals surface area contributed by atoms with E-state index in [4.69, 9.17) is 0 Å². The minimum atomic E-state index is 0.952. The molecule has 3 rings (SSSR count). The molecule has 0 saturated carbocycles. The normalized spacial score (nSPS) is 10.8. The van der Waals surface area contributed by atoms with E-state index in [0.717, 1.165) is 21.5 Å². The van der Waals surface area contributed by atoms with E-state index < -0.39 is 0 Å². The molecule has 0 amide bonds. The molecule has 0 aliphatic heterocycles. The molecule has 1 aromatic carbocycles. The first kappa shape index (κ1) is 9.60. The van der Waals surface area contributed by atoms with Gasteiger partial charge in [-0.2, -0.15) is 0 Å². The number of benzene rings is 1. The Bertz CT molecular complexity index is 629. The molecule has 2 heterocycles. The van der Waals surface area contributed by atoms with Gasteiger partial charge in [-0.25, -0.2) is 4.98 Å². The third-order valence-corrected chi connectivity index (χ3v) is 3.16. The molecule has 0 saturated heterocycles. The molecule has 0 bridgehead atoms. The van der Waals surface area contributed by atoms with Crippen molar-refractivity contribution in [2.24, 2.45) is 0 Å². The molecule has 0 aliphatic carbocycles. The van der Waals surface area contributed by atoms with Gasteiger partial charge in [0.1, 0.15) is 5.65 Å². The topological polar surface area (TPSA) is 17.3 Å². The fourth-order valence-electron chi connectivity index (χ4n) is 1.73. The second-order valence-electron chi connectivity index (χ2n) is 3.57. The second kappa shape index (κ2) is 3.76. The number of halogens is 1. The second-order valence-corrected chi connectivity index (χ2v) is 4.38. The summed E-state index contributed by atoms with van der Waals surface area (Å²) < 4.78 is 3.04. The van der Waals surface area contributed by atoms with Gasteiger partial charge in [-0.1, -0.05) is 36.4 Å². The maximum absolute atomic E-state index is 4.58. The monoisotopic (exact) mass is 272 g/mol. The van der Waals surface area contributed by atoms with Crippen molar-refractivity contribution in [3.05, 3.63) is 59.3 Å². The van der Waals surface area contributed by atoms with Gasteiger partial charge in [0, 0.05) is 11.8 Å².